The van der Waals surface area contributed by atoms with Gasteiger partial charge in [0.25, 0.3) is 0 Å². The van der Waals surface area contributed by atoms with Crippen LogP contribution < -0.4 is 5.32 Å². The molecule has 1 aliphatic rings. The van der Waals surface area contributed by atoms with Crippen molar-refractivity contribution in [2.75, 3.05) is 0 Å². The number of hydrogen-bond acceptors (Lipinski definition) is 3. The summed E-state index contributed by atoms with van der Waals surface area (Å²) in [5.74, 6) is 0. The third-order valence-electron chi connectivity index (χ3n) is 4.09. The molecule has 112 valence electrons. The summed E-state index contributed by atoms with van der Waals surface area (Å²) in [5, 5.41) is 4.95. The summed E-state index contributed by atoms with van der Waals surface area (Å²) in [6.07, 6.45) is 5.78. The van der Waals surface area contributed by atoms with Crippen LogP contribution in [-0.2, 0) is 18.4 Å². The second-order valence-corrected chi connectivity index (χ2v) is 8.02. The lowest BCUT2D eigenvalue weighted by Crippen LogP contribution is -2.24. The molecule has 21 heavy (non-hydrogen) atoms. The van der Waals surface area contributed by atoms with Gasteiger partial charge < -0.3 is 5.32 Å². The van der Waals surface area contributed by atoms with Gasteiger partial charge in [-0.15, -0.1) is 11.3 Å². The molecule has 3 rings (SSSR count). The number of rotatable bonds is 3. The third kappa shape index (κ3) is 3.35. The van der Waals surface area contributed by atoms with E-state index >= 15 is 0 Å². The molecule has 0 saturated carbocycles. The van der Waals surface area contributed by atoms with Gasteiger partial charge >= 0.3 is 0 Å². The molecule has 3 heteroatoms. The first-order valence-corrected chi connectivity index (χ1v) is 8.62. The topological polar surface area (TPSA) is 24.9 Å². The normalized spacial score (nSPS) is 18.5. The molecule has 0 bridgehead atoms. The van der Waals surface area contributed by atoms with E-state index in [1.807, 2.05) is 17.5 Å². The second-order valence-electron chi connectivity index (χ2n) is 6.91. The molecule has 2 nitrogen and oxygen atoms in total. The first-order chi connectivity index (χ1) is 10.0. The lowest BCUT2D eigenvalue weighted by atomic mass is 9.88. The van der Waals surface area contributed by atoms with Gasteiger partial charge in [-0.25, -0.2) is 4.98 Å². The smallest absolute Gasteiger partial charge is 0.0981 e. The van der Waals surface area contributed by atoms with Crippen LogP contribution in [0.3, 0.4) is 0 Å². The van der Waals surface area contributed by atoms with Crippen LogP contribution in [0.15, 0.2) is 30.5 Å². The molecule has 0 aliphatic heterocycles. The molecule has 1 N–H and O–H groups in total. The molecule has 0 saturated heterocycles. The zero-order valence-electron chi connectivity index (χ0n) is 13.1. The number of hydrogen-bond donors (Lipinski definition) is 1. The number of aryl methyl sites for hydroxylation is 1. The van der Waals surface area contributed by atoms with Gasteiger partial charge in [-0.05, 0) is 30.4 Å². The summed E-state index contributed by atoms with van der Waals surface area (Å²) < 4.78 is 0. The van der Waals surface area contributed by atoms with Gasteiger partial charge in [0.2, 0.25) is 0 Å². The number of fused-ring (bicyclic) bond motifs is 1. The van der Waals surface area contributed by atoms with Crippen molar-refractivity contribution < 1.29 is 0 Å². The minimum absolute atomic E-state index is 0.153. The fraction of sp³-hybridized carbons (Fsp3) is 0.500. The summed E-state index contributed by atoms with van der Waals surface area (Å²) in [6, 6.07) is 9.35. The minimum Gasteiger partial charge on any atom is -0.305 e. The van der Waals surface area contributed by atoms with E-state index in [1.54, 1.807) is 0 Å². The highest BCUT2D eigenvalue weighted by atomic mass is 32.1. The Bertz CT molecular complexity index is 610. The molecule has 1 unspecified atom stereocenters. The summed E-state index contributed by atoms with van der Waals surface area (Å²) in [4.78, 5) is 5.91. The van der Waals surface area contributed by atoms with Gasteiger partial charge in [-0.3, -0.25) is 0 Å². The maximum atomic E-state index is 4.57. The molecule has 1 aromatic carbocycles. The molecule has 1 heterocycles. The molecule has 1 atom stereocenters. The number of nitrogens with zero attached hydrogens (tertiary/aromatic N) is 1. The van der Waals surface area contributed by atoms with Gasteiger partial charge in [-0.1, -0.05) is 45.0 Å². The minimum atomic E-state index is 0.153. The van der Waals surface area contributed by atoms with Crippen LogP contribution >= 0.6 is 11.3 Å². The number of aromatic nitrogens is 1. The third-order valence-corrected chi connectivity index (χ3v) is 5.51. The Balaban J connectivity index is 1.68. The molecule has 0 radical (unpaired) electrons. The van der Waals surface area contributed by atoms with Gasteiger partial charge in [0, 0.05) is 29.1 Å². The number of thiazole rings is 1. The number of nitrogens with one attached hydrogen (secondary N) is 1. The molecule has 0 amide bonds. The fourth-order valence-electron chi connectivity index (χ4n) is 2.93. The van der Waals surface area contributed by atoms with E-state index in [4.69, 9.17) is 0 Å². The highest BCUT2D eigenvalue weighted by Gasteiger charge is 2.21. The first-order valence-electron chi connectivity index (χ1n) is 7.80. The van der Waals surface area contributed by atoms with Crippen molar-refractivity contribution in [2.24, 2.45) is 0 Å². The first kappa shape index (κ1) is 14.7. The predicted octanol–water partition coefficient (Wildman–Crippen LogP) is 4.61. The second kappa shape index (κ2) is 5.90. The average Bonchev–Trinajstić information content (AvgIpc) is 2.94. The summed E-state index contributed by atoms with van der Waals surface area (Å²) in [5.41, 5.74) is 3.16. The van der Waals surface area contributed by atoms with Gasteiger partial charge in [0.1, 0.15) is 0 Å². The van der Waals surface area contributed by atoms with E-state index in [-0.39, 0.29) is 5.41 Å². The molecule has 0 fully saturated rings. The van der Waals surface area contributed by atoms with Crippen molar-refractivity contribution in [1.29, 1.82) is 0 Å². The zero-order valence-corrected chi connectivity index (χ0v) is 14.0. The molecule has 2 aromatic rings. The predicted molar refractivity (Wildman–Crippen MR) is 89.8 cm³/mol. The summed E-state index contributed by atoms with van der Waals surface area (Å²) >= 11 is 1.84. The van der Waals surface area contributed by atoms with E-state index in [2.05, 4.69) is 55.3 Å². The Morgan fingerprint density at radius 2 is 2.10 bits per heavy atom. The Morgan fingerprint density at radius 3 is 2.86 bits per heavy atom. The number of benzene rings is 1. The molecule has 1 aliphatic carbocycles. The molecular formula is C18H24N2S. The Morgan fingerprint density at radius 1 is 1.29 bits per heavy atom. The highest BCUT2D eigenvalue weighted by Crippen LogP contribution is 2.31. The van der Waals surface area contributed by atoms with Crippen LogP contribution in [0, 0.1) is 0 Å². The maximum absolute atomic E-state index is 4.57. The van der Waals surface area contributed by atoms with Crippen molar-refractivity contribution >= 4 is 11.3 Å². The quantitative estimate of drug-likeness (QED) is 0.895. The SMILES string of the molecule is CC(C)(C)c1ncc(CNC2CCCc3ccccc32)s1. The van der Waals surface area contributed by atoms with Crippen molar-refractivity contribution in [3.05, 3.63) is 51.5 Å². The van der Waals surface area contributed by atoms with Crippen LogP contribution in [0.25, 0.3) is 0 Å². The molecule has 0 spiro atoms. The zero-order chi connectivity index (χ0) is 14.9. The van der Waals surface area contributed by atoms with Crippen molar-refractivity contribution in [3.63, 3.8) is 0 Å². The van der Waals surface area contributed by atoms with Gasteiger partial charge in [0.05, 0.1) is 5.01 Å². The van der Waals surface area contributed by atoms with E-state index in [0.717, 1.165) is 6.54 Å². The van der Waals surface area contributed by atoms with Crippen LogP contribution in [0.1, 0.15) is 60.7 Å². The van der Waals surface area contributed by atoms with E-state index < -0.39 is 0 Å². The lowest BCUT2D eigenvalue weighted by molar-refractivity contribution is 0.461. The van der Waals surface area contributed by atoms with E-state index in [9.17, 15) is 0 Å². The summed E-state index contributed by atoms with van der Waals surface area (Å²) in [6.45, 7) is 7.59. The average molecular weight is 300 g/mol. The van der Waals surface area contributed by atoms with Crippen LogP contribution in [-0.4, -0.2) is 4.98 Å². The maximum Gasteiger partial charge on any atom is 0.0981 e. The van der Waals surface area contributed by atoms with Crippen molar-refractivity contribution in [3.8, 4) is 0 Å². The largest absolute Gasteiger partial charge is 0.305 e. The van der Waals surface area contributed by atoms with Crippen molar-refractivity contribution in [1.82, 2.24) is 10.3 Å². The molecule has 1 aromatic heterocycles. The van der Waals surface area contributed by atoms with E-state index in [1.165, 1.54) is 40.3 Å². The Kier molecular flexibility index (Phi) is 4.14. The Labute approximate surface area is 131 Å². The lowest BCUT2D eigenvalue weighted by Gasteiger charge is -2.26. The van der Waals surface area contributed by atoms with Crippen LogP contribution in [0.5, 0.6) is 0 Å². The van der Waals surface area contributed by atoms with Crippen molar-refractivity contribution in [2.45, 2.75) is 58.0 Å². The van der Waals surface area contributed by atoms with E-state index in [0.29, 0.717) is 6.04 Å². The van der Waals surface area contributed by atoms with Gasteiger partial charge in [0.15, 0.2) is 0 Å². The fourth-order valence-corrected chi connectivity index (χ4v) is 3.85. The highest BCUT2D eigenvalue weighted by molar-refractivity contribution is 7.11. The summed E-state index contributed by atoms with van der Waals surface area (Å²) in [7, 11) is 0. The van der Waals surface area contributed by atoms with Crippen LogP contribution in [0.2, 0.25) is 0 Å². The monoisotopic (exact) mass is 300 g/mol. The van der Waals surface area contributed by atoms with Gasteiger partial charge in [-0.2, -0.15) is 0 Å². The standard InChI is InChI=1S/C18H24N2S/c1-18(2,3)17-20-12-14(21-17)11-19-16-10-6-8-13-7-4-5-9-15(13)16/h4-5,7,9,12,16,19H,6,8,10-11H2,1-3H3. The molecular weight excluding hydrogens is 276 g/mol. The Hall–Kier alpha value is -1.19. The van der Waals surface area contributed by atoms with Crippen LogP contribution in [0.4, 0.5) is 0 Å².